The lowest BCUT2D eigenvalue weighted by atomic mass is 10.0. The quantitative estimate of drug-likeness (QED) is 0.377. The first kappa shape index (κ1) is 20.0. The van der Waals surface area contributed by atoms with Crippen molar-refractivity contribution in [3.8, 4) is 0 Å². The van der Waals surface area contributed by atoms with Gasteiger partial charge in [-0.15, -0.1) is 0 Å². The summed E-state index contributed by atoms with van der Waals surface area (Å²) in [5.74, 6) is -0.297. The average Bonchev–Trinajstić information content (AvgIpc) is 2.93. The van der Waals surface area contributed by atoms with Crippen molar-refractivity contribution in [2.24, 2.45) is 0 Å². The minimum absolute atomic E-state index is 0.0130. The Hall–Kier alpha value is -1.06. The molecule has 0 radical (unpaired) electrons. The molecule has 0 saturated carbocycles. The molecule has 0 spiro atoms. The van der Waals surface area contributed by atoms with Gasteiger partial charge in [0.05, 0.1) is 6.61 Å². The molecule has 1 fully saturated rings. The molecular formula is C19H35NO3. The predicted molar refractivity (Wildman–Crippen MR) is 93.2 cm³/mol. The molecule has 1 aliphatic heterocycles. The standard InChI is InChI=1S/C19H35NO3/c1-2-3-4-5-6-7-8-9-10-11-12-13-14-18(21)20-17-15-16-23-19(17)22/h17H,2-16H2,1H3,(H,20,21)/t17-/m0/s1. The van der Waals surface area contributed by atoms with Crippen molar-refractivity contribution in [1.82, 2.24) is 5.32 Å². The van der Waals surface area contributed by atoms with Crippen LogP contribution in [0.15, 0.2) is 0 Å². The van der Waals surface area contributed by atoms with Gasteiger partial charge in [-0.2, -0.15) is 0 Å². The van der Waals surface area contributed by atoms with Gasteiger partial charge in [0.1, 0.15) is 6.04 Å². The molecule has 1 amide bonds. The maximum absolute atomic E-state index is 11.7. The van der Waals surface area contributed by atoms with Crippen LogP contribution in [0.5, 0.6) is 0 Å². The molecule has 1 atom stereocenters. The fraction of sp³-hybridized carbons (Fsp3) is 0.895. The topological polar surface area (TPSA) is 55.4 Å². The Bertz CT molecular complexity index is 331. The maximum Gasteiger partial charge on any atom is 0.328 e. The monoisotopic (exact) mass is 325 g/mol. The Balaban J connectivity index is 1.80. The van der Waals surface area contributed by atoms with E-state index >= 15 is 0 Å². The van der Waals surface area contributed by atoms with E-state index in [4.69, 9.17) is 4.74 Å². The molecule has 1 saturated heterocycles. The van der Waals surface area contributed by atoms with E-state index in [9.17, 15) is 9.59 Å². The summed E-state index contributed by atoms with van der Waals surface area (Å²) in [6.45, 7) is 2.69. The summed E-state index contributed by atoms with van der Waals surface area (Å²) in [5, 5.41) is 2.75. The molecule has 0 aromatic heterocycles. The second-order valence-electron chi connectivity index (χ2n) is 6.72. The lowest BCUT2D eigenvalue weighted by Crippen LogP contribution is -2.37. The molecule has 0 aromatic carbocycles. The zero-order valence-corrected chi connectivity index (χ0v) is 14.9. The zero-order chi connectivity index (χ0) is 16.8. The number of hydrogen-bond donors (Lipinski definition) is 1. The number of carbonyl (C=O) groups excluding carboxylic acids is 2. The van der Waals surface area contributed by atoms with Crippen LogP contribution >= 0.6 is 0 Å². The van der Waals surface area contributed by atoms with E-state index in [1.54, 1.807) is 0 Å². The molecule has 1 rings (SSSR count). The van der Waals surface area contributed by atoms with E-state index in [2.05, 4.69) is 12.2 Å². The lowest BCUT2D eigenvalue weighted by molar-refractivity contribution is -0.141. The number of rotatable bonds is 14. The van der Waals surface area contributed by atoms with Crippen LogP contribution in [0.4, 0.5) is 0 Å². The van der Waals surface area contributed by atoms with Crippen LogP contribution in [-0.4, -0.2) is 24.5 Å². The molecule has 0 bridgehead atoms. The highest BCUT2D eigenvalue weighted by Crippen LogP contribution is 2.12. The van der Waals surface area contributed by atoms with E-state index < -0.39 is 6.04 Å². The highest BCUT2D eigenvalue weighted by atomic mass is 16.5. The summed E-state index contributed by atoms with van der Waals surface area (Å²) < 4.78 is 4.83. The van der Waals surface area contributed by atoms with Gasteiger partial charge in [0.15, 0.2) is 0 Å². The molecule has 4 heteroatoms. The van der Waals surface area contributed by atoms with Crippen LogP contribution < -0.4 is 5.32 Å². The van der Waals surface area contributed by atoms with Gasteiger partial charge in [-0.1, -0.05) is 77.6 Å². The van der Waals surface area contributed by atoms with E-state index in [0.717, 1.165) is 12.8 Å². The van der Waals surface area contributed by atoms with Crippen LogP contribution in [0, 0.1) is 0 Å². The summed E-state index contributed by atoms with van der Waals surface area (Å²) in [4.78, 5) is 23.0. The number of hydrogen-bond acceptors (Lipinski definition) is 3. The minimum Gasteiger partial charge on any atom is -0.464 e. The molecule has 0 aliphatic carbocycles. The normalized spacial score (nSPS) is 17.3. The Morgan fingerprint density at radius 3 is 1.96 bits per heavy atom. The number of esters is 1. The first-order valence-corrected chi connectivity index (χ1v) is 9.70. The first-order valence-electron chi connectivity index (χ1n) is 9.70. The second-order valence-corrected chi connectivity index (χ2v) is 6.72. The minimum atomic E-state index is -0.403. The Labute approximate surface area is 141 Å². The Morgan fingerprint density at radius 2 is 1.48 bits per heavy atom. The number of cyclic esters (lactones) is 1. The molecule has 0 aromatic rings. The summed E-state index contributed by atoms with van der Waals surface area (Å²) >= 11 is 0. The Morgan fingerprint density at radius 1 is 0.957 bits per heavy atom. The molecular weight excluding hydrogens is 290 g/mol. The van der Waals surface area contributed by atoms with E-state index in [1.165, 1.54) is 64.2 Å². The number of ether oxygens (including phenoxy) is 1. The van der Waals surface area contributed by atoms with Gasteiger partial charge in [-0.25, -0.2) is 4.79 Å². The van der Waals surface area contributed by atoms with Crippen molar-refractivity contribution in [1.29, 1.82) is 0 Å². The maximum atomic E-state index is 11.7. The van der Waals surface area contributed by atoms with Crippen molar-refractivity contribution in [2.45, 2.75) is 103 Å². The SMILES string of the molecule is CCCCCCCCCCCCCCC(=O)N[C@H]1CCOC1=O. The van der Waals surface area contributed by atoms with Crippen LogP contribution in [0.3, 0.4) is 0 Å². The number of unbranched alkanes of at least 4 members (excludes halogenated alkanes) is 11. The van der Waals surface area contributed by atoms with E-state index in [-0.39, 0.29) is 11.9 Å². The summed E-state index contributed by atoms with van der Waals surface area (Å²) in [7, 11) is 0. The fourth-order valence-electron chi connectivity index (χ4n) is 3.02. The molecule has 23 heavy (non-hydrogen) atoms. The fourth-order valence-corrected chi connectivity index (χ4v) is 3.02. The molecule has 134 valence electrons. The van der Waals surface area contributed by atoms with Crippen LogP contribution in [0.2, 0.25) is 0 Å². The van der Waals surface area contributed by atoms with Crippen molar-refractivity contribution in [3.63, 3.8) is 0 Å². The van der Waals surface area contributed by atoms with Gasteiger partial charge in [-0.05, 0) is 6.42 Å². The van der Waals surface area contributed by atoms with Gasteiger partial charge in [0.2, 0.25) is 5.91 Å². The van der Waals surface area contributed by atoms with Crippen LogP contribution in [0.1, 0.15) is 96.8 Å². The third kappa shape index (κ3) is 10.4. The lowest BCUT2D eigenvalue weighted by Gasteiger charge is -2.08. The zero-order valence-electron chi connectivity index (χ0n) is 14.9. The molecule has 1 heterocycles. The number of amides is 1. The second kappa shape index (κ2) is 13.4. The van der Waals surface area contributed by atoms with Gasteiger partial charge in [0, 0.05) is 12.8 Å². The van der Waals surface area contributed by atoms with Crippen molar-refractivity contribution < 1.29 is 14.3 Å². The average molecular weight is 325 g/mol. The first-order chi connectivity index (χ1) is 11.2. The van der Waals surface area contributed by atoms with Gasteiger partial charge >= 0.3 is 5.97 Å². The van der Waals surface area contributed by atoms with Crippen LogP contribution in [0.25, 0.3) is 0 Å². The number of carbonyl (C=O) groups is 2. The summed E-state index contributed by atoms with van der Waals surface area (Å²) in [6, 6.07) is -0.403. The van der Waals surface area contributed by atoms with Crippen molar-refractivity contribution in [3.05, 3.63) is 0 Å². The third-order valence-corrected chi connectivity index (χ3v) is 4.53. The largest absolute Gasteiger partial charge is 0.464 e. The number of nitrogens with one attached hydrogen (secondary N) is 1. The summed E-state index contributed by atoms with van der Waals surface area (Å²) in [6.07, 6.45) is 16.6. The van der Waals surface area contributed by atoms with Crippen molar-refractivity contribution >= 4 is 11.9 Å². The highest BCUT2D eigenvalue weighted by molar-refractivity contribution is 5.85. The Kier molecular flexibility index (Phi) is 11.6. The smallest absolute Gasteiger partial charge is 0.328 e. The van der Waals surface area contributed by atoms with E-state index in [1.807, 2.05) is 0 Å². The predicted octanol–water partition coefficient (Wildman–Crippen LogP) is 4.51. The van der Waals surface area contributed by atoms with Gasteiger partial charge < -0.3 is 10.1 Å². The van der Waals surface area contributed by atoms with Crippen molar-refractivity contribution in [2.75, 3.05) is 6.61 Å². The van der Waals surface area contributed by atoms with Gasteiger partial charge in [-0.3, -0.25) is 4.79 Å². The molecule has 0 unspecified atom stereocenters. The van der Waals surface area contributed by atoms with Crippen LogP contribution in [-0.2, 0) is 14.3 Å². The van der Waals surface area contributed by atoms with E-state index in [0.29, 0.717) is 19.4 Å². The molecule has 1 aliphatic rings. The molecule has 4 nitrogen and oxygen atoms in total. The van der Waals surface area contributed by atoms with Gasteiger partial charge in [0.25, 0.3) is 0 Å². The third-order valence-electron chi connectivity index (χ3n) is 4.53. The highest BCUT2D eigenvalue weighted by Gasteiger charge is 2.27. The molecule has 1 N–H and O–H groups in total. The summed E-state index contributed by atoms with van der Waals surface area (Å²) in [5.41, 5.74) is 0.